The highest BCUT2D eigenvalue weighted by atomic mass is 16.5. The first-order chi connectivity index (χ1) is 12.0. The monoisotopic (exact) mass is 342 g/mol. The molecule has 1 N–H and O–H groups in total. The van der Waals surface area contributed by atoms with Crippen LogP contribution in [0.2, 0.25) is 0 Å². The largest absolute Gasteiger partial charge is 0.388 e. The fourth-order valence-electron chi connectivity index (χ4n) is 3.54. The summed E-state index contributed by atoms with van der Waals surface area (Å²) in [5, 5.41) is 14.6. The number of amides is 1. The Bertz CT molecular complexity index is 716. The third kappa shape index (κ3) is 3.61. The van der Waals surface area contributed by atoms with Gasteiger partial charge in [-0.3, -0.25) is 4.79 Å². The molecule has 1 aromatic heterocycles. The van der Waals surface area contributed by atoms with E-state index in [1.807, 2.05) is 56.0 Å². The van der Waals surface area contributed by atoms with Crippen molar-refractivity contribution < 1.29 is 14.4 Å². The van der Waals surface area contributed by atoms with E-state index in [1.54, 1.807) is 0 Å². The third-order valence-corrected chi connectivity index (χ3v) is 5.04. The Morgan fingerprint density at radius 3 is 2.48 bits per heavy atom. The first-order valence-electron chi connectivity index (χ1n) is 8.97. The molecule has 2 aromatic rings. The number of aryl methyl sites for hydroxylation is 1. The number of carbonyl (C=O) groups is 1. The smallest absolute Gasteiger partial charge is 0.259 e. The SMILES string of the molecule is Cc1noc(C(C)C)c1C(=O)N1CCC([C@@H](O)c2ccccc2)CC1. The molecular weight excluding hydrogens is 316 g/mol. The number of benzene rings is 1. The molecule has 0 bridgehead atoms. The van der Waals surface area contributed by atoms with E-state index in [0.717, 1.165) is 18.4 Å². The first kappa shape index (κ1) is 17.7. The van der Waals surface area contributed by atoms with Gasteiger partial charge in [0.15, 0.2) is 5.76 Å². The number of rotatable bonds is 4. The van der Waals surface area contributed by atoms with Gasteiger partial charge in [-0.1, -0.05) is 49.3 Å². The highest BCUT2D eigenvalue weighted by molar-refractivity contribution is 5.96. The van der Waals surface area contributed by atoms with Crippen LogP contribution in [0, 0.1) is 12.8 Å². The number of likely N-dealkylation sites (tertiary alicyclic amines) is 1. The number of carbonyl (C=O) groups excluding carboxylic acids is 1. The van der Waals surface area contributed by atoms with E-state index in [1.165, 1.54) is 0 Å². The van der Waals surface area contributed by atoms with Gasteiger partial charge in [-0.05, 0) is 31.2 Å². The molecule has 25 heavy (non-hydrogen) atoms. The van der Waals surface area contributed by atoms with Crippen molar-refractivity contribution in [1.82, 2.24) is 10.1 Å². The summed E-state index contributed by atoms with van der Waals surface area (Å²) in [5.41, 5.74) is 2.21. The van der Waals surface area contributed by atoms with Crippen molar-refractivity contribution in [3.05, 3.63) is 52.9 Å². The Kier molecular flexibility index (Phi) is 5.23. The second kappa shape index (κ2) is 7.40. The lowest BCUT2D eigenvalue weighted by Gasteiger charge is -2.34. The average Bonchev–Trinajstić information content (AvgIpc) is 3.03. The van der Waals surface area contributed by atoms with Gasteiger partial charge in [0.1, 0.15) is 5.56 Å². The van der Waals surface area contributed by atoms with Gasteiger partial charge in [0.25, 0.3) is 5.91 Å². The van der Waals surface area contributed by atoms with Gasteiger partial charge < -0.3 is 14.5 Å². The Labute approximate surface area is 148 Å². The van der Waals surface area contributed by atoms with Crippen molar-refractivity contribution in [2.75, 3.05) is 13.1 Å². The van der Waals surface area contributed by atoms with E-state index in [0.29, 0.717) is 30.1 Å². The van der Waals surface area contributed by atoms with Gasteiger partial charge in [-0.2, -0.15) is 0 Å². The molecule has 1 aromatic carbocycles. The van der Waals surface area contributed by atoms with Crippen LogP contribution in [-0.2, 0) is 0 Å². The van der Waals surface area contributed by atoms with Crippen LogP contribution in [0.15, 0.2) is 34.9 Å². The van der Waals surface area contributed by atoms with Gasteiger partial charge in [0.05, 0.1) is 11.8 Å². The van der Waals surface area contributed by atoms with Crippen molar-refractivity contribution >= 4 is 5.91 Å². The molecule has 134 valence electrons. The van der Waals surface area contributed by atoms with E-state index in [9.17, 15) is 9.90 Å². The number of piperidine rings is 1. The minimum Gasteiger partial charge on any atom is -0.388 e. The van der Waals surface area contributed by atoms with Crippen molar-refractivity contribution in [3.63, 3.8) is 0 Å². The van der Waals surface area contributed by atoms with E-state index in [2.05, 4.69) is 5.16 Å². The van der Waals surface area contributed by atoms with E-state index in [-0.39, 0.29) is 17.7 Å². The Hall–Kier alpha value is -2.14. The average molecular weight is 342 g/mol. The highest BCUT2D eigenvalue weighted by Gasteiger charge is 2.32. The Morgan fingerprint density at radius 1 is 1.24 bits per heavy atom. The summed E-state index contributed by atoms with van der Waals surface area (Å²) in [6.45, 7) is 7.11. The molecule has 1 saturated heterocycles. The number of nitrogens with zero attached hydrogens (tertiary/aromatic N) is 2. The lowest BCUT2D eigenvalue weighted by Crippen LogP contribution is -2.40. The molecule has 5 nitrogen and oxygen atoms in total. The molecule has 0 radical (unpaired) electrons. The third-order valence-electron chi connectivity index (χ3n) is 5.04. The van der Waals surface area contributed by atoms with Crippen LogP contribution >= 0.6 is 0 Å². The van der Waals surface area contributed by atoms with Gasteiger partial charge in [-0.25, -0.2) is 0 Å². The lowest BCUT2D eigenvalue weighted by atomic mass is 9.87. The van der Waals surface area contributed by atoms with Crippen molar-refractivity contribution in [2.24, 2.45) is 5.92 Å². The van der Waals surface area contributed by atoms with Crippen LogP contribution in [0.25, 0.3) is 0 Å². The standard InChI is InChI=1S/C20H26N2O3/c1-13(2)19-17(14(3)21-25-19)20(24)22-11-9-16(10-12-22)18(23)15-7-5-4-6-8-15/h4-8,13,16,18,23H,9-12H2,1-3H3/t18-/m0/s1. The molecule has 5 heteroatoms. The molecule has 3 rings (SSSR count). The molecule has 0 aliphatic carbocycles. The summed E-state index contributed by atoms with van der Waals surface area (Å²) < 4.78 is 5.35. The maximum atomic E-state index is 12.9. The second-order valence-electron chi connectivity index (χ2n) is 7.15. The summed E-state index contributed by atoms with van der Waals surface area (Å²) >= 11 is 0. The fourth-order valence-corrected chi connectivity index (χ4v) is 3.54. The molecule has 1 amide bonds. The van der Waals surface area contributed by atoms with Crippen molar-refractivity contribution in [1.29, 1.82) is 0 Å². The molecule has 0 unspecified atom stereocenters. The zero-order chi connectivity index (χ0) is 18.0. The molecule has 0 spiro atoms. The molecule has 1 aliphatic rings. The van der Waals surface area contributed by atoms with Crippen LogP contribution in [0.5, 0.6) is 0 Å². The zero-order valence-electron chi connectivity index (χ0n) is 15.1. The van der Waals surface area contributed by atoms with Crippen LogP contribution in [-0.4, -0.2) is 34.2 Å². The molecular formula is C20H26N2O3. The zero-order valence-corrected chi connectivity index (χ0v) is 15.1. The molecule has 1 aliphatic heterocycles. The normalized spacial score (nSPS) is 17.1. The molecule has 1 fully saturated rings. The van der Waals surface area contributed by atoms with E-state index in [4.69, 9.17) is 4.52 Å². The Balaban J connectivity index is 1.66. The summed E-state index contributed by atoms with van der Waals surface area (Å²) in [6, 6.07) is 9.75. The minimum absolute atomic E-state index is 0.00454. The maximum Gasteiger partial charge on any atom is 0.259 e. The number of aliphatic hydroxyl groups is 1. The van der Waals surface area contributed by atoms with Crippen LogP contribution in [0.4, 0.5) is 0 Å². The number of hydrogen-bond acceptors (Lipinski definition) is 4. The number of aliphatic hydroxyl groups excluding tert-OH is 1. The predicted molar refractivity (Wildman–Crippen MR) is 95.4 cm³/mol. The summed E-state index contributed by atoms with van der Waals surface area (Å²) in [5.74, 6) is 0.959. The number of aromatic nitrogens is 1. The quantitative estimate of drug-likeness (QED) is 0.920. The minimum atomic E-state index is -0.470. The van der Waals surface area contributed by atoms with Gasteiger partial charge in [0, 0.05) is 19.0 Å². The molecule has 2 heterocycles. The number of hydrogen-bond donors (Lipinski definition) is 1. The summed E-state index contributed by atoms with van der Waals surface area (Å²) in [7, 11) is 0. The fraction of sp³-hybridized carbons (Fsp3) is 0.500. The van der Waals surface area contributed by atoms with Gasteiger partial charge in [-0.15, -0.1) is 0 Å². The van der Waals surface area contributed by atoms with Crippen molar-refractivity contribution in [2.45, 2.75) is 45.6 Å². The van der Waals surface area contributed by atoms with E-state index >= 15 is 0 Å². The van der Waals surface area contributed by atoms with Crippen LogP contribution in [0.3, 0.4) is 0 Å². The summed E-state index contributed by atoms with van der Waals surface area (Å²) in [4.78, 5) is 14.8. The highest BCUT2D eigenvalue weighted by Crippen LogP contribution is 2.32. The maximum absolute atomic E-state index is 12.9. The first-order valence-corrected chi connectivity index (χ1v) is 8.97. The topological polar surface area (TPSA) is 66.6 Å². The molecule has 0 saturated carbocycles. The van der Waals surface area contributed by atoms with Gasteiger partial charge >= 0.3 is 0 Å². The van der Waals surface area contributed by atoms with E-state index < -0.39 is 6.10 Å². The lowest BCUT2D eigenvalue weighted by molar-refractivity contribution is 0.0460. The summed E-state index contributed by atoms with van der Waals surface area (Å²) in [6.07, 6.45) is 1.12. The Morgan fingerprint density at radius 2 is 1.88 bits per heavy atom. The predicted octanol–water partition coefficient (Wildman–Crippen LogP) is 3.69. The molecule has 1 atom stereocenters. The van der Waals surface area contributed by atoms with Crippen LogP contribution < -0.4 is 0 Å². The van der Waals surface area contributed by atoms with Gasteiger partial charge in [0.2, 0.25) is 0 Å². The van der Waals surface area contributed by atoms with Crippen LogP contribution in [0.1, 0.15) is 66.1 Å². The van der Waals surface area contributed by atoms with Crippen molar-refractivity contribution in [3.8, 4) is 0 Å². The second-order valence-corrected chi connectivity index (χ2v) is 7.15.